The minimum atomic E-state index is -0.178. The Morgan fingerprint density at radius 3 is 2.53 bits per heavy atom. The molecule has 0 aromatic carbocycles. The lowest BCUT2D eigenvalue weighted by Gasteiger charge is -2.35. The average Bonchev–Trinajstić information content (AvgIpc) is 2.44. The second-order valence-electron chi connectivity index (χ2n) is 5.26. The third-order valence-electron chi connectivity index (χ3n) is 3.71. The summed E-state index contributed by atoms with van der Waals surface area (Å²) in [6, 6.07) is 3.51. The molecule has 0 aliphatic heterocycles. The minimum absolute atomic E-state index is 0.0135. The molecule has 106 valence electrons. The van der Waals surface area contributed by atoms with Crippen molar-refractivity contribution in [1.29, 1.82) is 0 Å². The van der Waals surface area contributed by atoms with Gasteiger partial charge in [0.2, 0.25) is 0 Å². The molecule has 0 fully saturated rings. The maximum atomic E-state index is 12.5. The van der Waals surface area contributed by atoms with Gasteiger partial charge in [0.1, 0.15) is 5.82 Å². The van der Waals surface area contributed by atoms with E-state index in [1.165, 1.54) is 0 Å². The second-order valence-corrected chi connectivity index (χ2v) is 5.26. The van der Waals surface area contributed by atoms with Gasteiger partial charge in [-0.1, -0.05) is 13.8 Å². The number of carbonyl (C=O) groups is 1. The number of hydrogen-bond acceptors (Lipinski definition) is 4. The Bertz CT molecular complexity index is 435. The lowest BCUT2D eigenvalue weighted by Crippen LogP contribution is -2.44. The van der Waals surface area contributed by atoms with Gasteiger partial charge in [0.15, 0.2) is 0 Å². The van der Waals surface area contributed by atoms with E-state index in [9.17, 15) is 4.79 Å². The fourth-order valence-electron chi connectivity index (χ4n) is 1.67. The number of pyridine rings is 1. The van der Waals surface area contributed by atoms with Gasteiger partial charge < -0.3 is 10.3 Å². The number of rotatable bonds is 5. The van der Waals surface area contributed by atoms with Gasteiger partial charge in [-0.2, -0.15) is 0 Å². The van der Waals surface area contributed by atoms with Crippen molar-refractivity contribution in [2.24, 2.45) is 5.84 Å². The van der Waals surface area contributed by atoms with Gasteiger partial charge in [-0.25, -0.2) is 10.8 Å². The van der Waals surface area contributed by atoms with Crippen LogP contribution in [0.3, 0.4) is 0 Å². The van der Waals surface area contributed by atoms with Crippen molar-refractivity contribution in [1.82, 2.24) is 9.88 Å². The summed E-state index contributed by atoms with van der Waals surface area (Å²) in [6.45, 7) is 8.17. The number of amides is 1. The molecule has 5 heteroatoms. The zero-order valence-electron chi connectivity index (χ0n) is 12.4. The Balaban J connectivity index is 3.12. The molecule has 1 aromatic heterocycles. The molecule has 1 heterocycles. The number of nitrogens with one attached hydrogen (secondary N) is 1. The smallest absolute Gasteiger partial charge is 0.254 e. The number of hydrogen-bond donors (Lipinski definition) is 2. The van der Waals surface area contributed by atoms with Crippen LogP contribution in [-0.4, -0.2) is 28.4 Å². The predicted molar refractivity (Wildman–Crippen MR) is 77.9 cm³/mol. The number of carbonyl (C=O) groups excluding carboxylic acids is 1. The summed E-state index contributed by atoms with van der Waals surface area (Å²) in [4.78, 5) is 18.6. The second kappa shape index (κ2) is 6.02. The first-order chi connectivity index (χ1) is 8.85. The molecule has 0 atom stereocenters. The summed E-state index contributed by atoms with van der Waals surface area (Å²) in [5.74, 6) is 5.90. The fraction of sp³-hybridized carbons (Fsp3) is 0.571. The van der Waals surface area contributed by atoms with Gasteiger partial charge in [0, 0.05) is 23.8 Å². The summed E-state index contributed by atoms with van der Waals surface area (Å²) in [5, 5.41) is 0. The summed E-state index contributed by atoms with van der Waals surface area (Å²) in [5.41, 5.74) is 3.79. The van der Waals surface area contributed by atoms with E-state index in [-0.39, 0.29) is 11.4 Å². The van der Waals surface area contributed by atoms with Gasteiger partial charge in [0.25, 0.3) is 5.91 Å². The summed E-state index contributed by atoms with van der Waals surface area (Å²) in [7, 11) is 1.83. The van der Waals surface area contributed by atoms with Crippen molar-refractivity contribution in [3.63, 3.8) is 0 Å². The van der Waals surface area contributed by atoms with Crippen LogP contribution in [0.1, 0.15) is 50.2 Å². The number of hydrazine groups is 1. The van der Waals surface area contributed by atoms with Crippen molar-refractivity contribution in [2.75, 3.05) is 12.5 Å². The molecule has 0 aliphatic rings. The van der Waals surface area contributed by atoms with Gasteiger partial charge in [-0.15, -0.1) is 0 Å². The largest absolute Gasteiger partial charge is 0.337 e. The lowest BCUT2D eigenvalue weighted by molar-refractivity contribution is 0.0620. The van der Waals surface area contributed by atoms with Gasteiger partial charge in [-0.3, -0.25) is 4.79 Å². The van der Waals surface area contributed by atoms with Crippen LogP contribution in [0.2, 0.25) is 0 Å². The number of nitrogens with zero attached hydrogens (tertiary/aromatic N) is 2. The van der Waals surface area contributed by atoms with Crippen LogP contribution in [0.4, 0.5) is 5.82 Å². The van der Waals surface area contributed by atoms with Crippen molar-refractivity contribution in [3.8, 4) is 0 Å². The highest BCUT2D eigenvalue weighted by atomic mass is 16.2. The Morgan fingerprint density at radius 1 is 1.42 bits per heavy atom. The molecule has 19 heavy (non-hydrogen) atoms. The Hall–Kier alpha value is -1.62. The van der Waals surface area contributed by atoms with Gasteiger partial charge in [0.05, 0.1) is 0 Å². The minimum Gasteiger partial charge on any atom is -0.337 e. The van der Waals surface area contributed by atoms with Crippen LogP contribution >= 0.6 is 0 Å². The van der Waals surface area contributed by atoms with Gasteiger partial charge in [-0.05, 0) is 38.8 Å². The van der Waals surface area contributed by atoms with Crippen LogP contribution in [0, 0.1) is 0 Å². The van der Waals surface area contributed by atoms with Crippen molar-refractivity contribution < 1.29 is 4.79 Å². The Kier molecular flexibility index (Phi) is 4.89. The van der Waals surface area contributed by atoms with E-state index in [1.807, 2.05) is 20.0 Å². The Morgan fingerprint density at radius 2 is 2.05 bits per heavy atom. The normalized spacial score (nSPS) is 11.3. The average molecular weight is 264 g/mol. The van der Waals surface area contributed by atoms with E-state index in [1.54, 1.807) is 11.0 Å². The molecule has 5 nitrogen and oxygen atoms in total. The third kappa shape index (κ3) is 3.44. The summed E-state index contributed by atoms with van der Waals surface area (Å²) < 4.78 is 0. The van der Waals surface area contributed by atoms with Crippen LogP contribution in [0.25, 0.3) is 0 Å². The topological polar surface area (TPSA) is 71.2 Å². The molecular weight excluding hydrogens is 240 g/mol. The number of nitrogen functional groups attached to an aromatic ring is 1. The molecule has 0 bridgehead atoms. The van der Waals surface area contributed by atoms with Crippen molar-refractivity contribution in [3.05, 3.63) is 23.4 Å². The SMILES string of the molecule is CCc1cc(C(=O)N(C)C(C)(C)CC)cc(NN)n1. The molecule has 1 rings (SSSR count). The molecule has 0 aliphatic carbocycles. The Labute approximate surface area is 115 Å². The highest BCUT2D eigenvalue weighted by Crippen LogP contribution is 2.20. The highest BCUT2D eigenvalue weighted by molar-refractivity contribution is 5.95. The fourth-order valence-corrected chi connectivity index (χ4v) is 1.67. The zero-order valence-corrected chi connectivity index (χ0v) is 12.4. The highest BCUT2D eigenvalue weighted by Gasteiger charge is 2.26. The number of aryl methyl sites for hydroxylation is 1. The molecular formula is C14H24N4O. The number of aromatic nitrogens is 1. The molecule has 0 saturated carbocycles. The van der Waals surface area contributed by atoms with E-state index in [0.29, 0.717) is 11.4 Å². The molecule has 3 N–H and O–H groups in total. The monoisotopic (exact) mass is 264 g/mol. The standard InChI is InChI=1S/C14H24N4O/c1-6-11-8-10(9-12(16-11)17-15)13(19)18(5)14(3,4)7-2/h8-9H,6-7,15H2,1-5H3,(H,16,17). The maximum Gasteiger partial charge on any atom is 0.254 e. The van der Waals surface area contributed by atoms with Crippen LogP contribution in [0.15, 0.2) is 12.1 Å². The van der Waals surface area contributed by atoms with E-state index in [0.717, 1.165) is 18.5 Å². The molecule has 0 spiro atoms. The van der Waals surface area contributed by atoms with Crippen LogP contribution in [0.5, 0.6) is 0 Å². The third-order valence-corrected chi connectivity index (χ3v) is 3.71. The molecule has 1 amide bonds. The van der Waals surface area contributed by atoms with Crippen molar-refractivity contribution in [2.45, 2.75) is 46.1 Å². The zero-order chi connectivity index (χ0) is 14.6. The van der Waals surface area contributed by atoms with Crippen LogP contribution in [-0.2, 0) is 6.42 Å². The molecule has 0 unspecified atom stereocenters. The van der Waals surface area contributed by atoms with Crippen molar-refractivity contribution >= 4 is 11.7 Å². The molecule has 0 saturated heterocycles. The first kappa shape index (κ1) is 15.4. The van der Waals surface area contributed by atoms with E-state index in [4.69, 9.17) is 5.84 Å². The lowest BCUT2D eigenvalue weighted by atomic mass is 9.99. The summed E-state index contributed by atoms with van der Waals surface area (Å²) >= 11 is 0. The van der Waals surface area contributed by atoms with E-state index in [2.05, 4.69) is 31.2 Å². The molecule has 0 radical (unpaired) electrons. The van der Waals surface area contributed by atoms with Gasteiger partial charge >= 0.3 is 0 Å². The van der Waals surface area contributed by atoms with E-state index >= 15 is 0 Å². The first-order valence-corrected chi connectivity index (χ1v) is 6.61. The summed E-state index contributed by atoms with van der Waals surface area (Å²) in [6.07, 6.45) is 1.65. The predicted octanol–water partition coefficient (Wildman–Crippen LogP) is 2.19. The van der Waals surface area contributed by atoms with E-state index < -0.39 is 0 Å². The number of anilines is 1. The number of nitrogens with two attached hydrogens (primary N) is 1. The molecule has 1 aromatic rings. The maximum absolute atomic E-state index is 12.5. The first-order valence-electron chi connectivity index (χ1n) is 6.61. The quantitative estimate of drug-likeness (QED) is 0.631. The van der Waals surface area contributed by atoms with Crippen LogP contribution < -0.4 is 11.3 Å².